The van der Waals surface area contributed by atoms with Crippen molar-refractivity contribution in [3.05, 3.63) is 60.2 Å². The van der Waals surface area contributed by atoms with Crippen LogP contribution in [0.5, 0.6) is 0 Å². The van der Waals surface area contributed by atoms with Crippen molar-refractivity contribution in [3.63, 3.8) is 0 Å². The van der Waals surface area contributed by atoms with Crippen LogP contribution in [-0.2, 0) is 12.8 Å². The van der Waals surface area contributed by atoms with E-state index in [1.807, 2.05) is 19.9 Å². The molecule has 0 aliphatic heterocycles. The van der Waals surface area contributed by atoms with E-state index in [9.17, 15) is 0 Å². The molecule has 0 bridgehead atoms. The Balaban J connectivity index is 0.000000948. The molecule has 2 heteroatoms. The molecule has 2 aromatic carbocycles. The summed E-state index contributed by atoms with van der Waals surface area (Å²) in [6.45, 7) is 9.13. The number of H-pyrrole nitrogens is 1. The lowest BCUT2D eigenvalue weighted by atomic mass is 9.96. The van der Waals surface area contributed by atoms with Crippen LogP contribution in [0.25, 0.3) is 21.8 Å². The molecule has 1 aliphatic rings. The Morgan fingerprint density at radius 2 is 1.88 bits per heavy atom. The highest BCUT2D eigenvalue weighted by molar-refractivity contribution is 6.08. The van der Waals surface area contributed by atoms with E-state index in [0.717, 1.165) is 25.4 Å². The first kappa shape index (κ1) is 18.7. The number of fused-ring (bicyclic) bond motifs is 3. The molecule has 138 valence electrons. The van der Waals surface area contributed by atoms with Crippen LogP contribution in [0.1, 0.15) is 50.7 Å². The fourth-order valence-corrected chi connectivity index (χ4v) is 3.67. The van der Waals surface area contributed by atoms with E-state index in [2.05, 4.69) is 53.3 Å². The van der Waals surface area contributed by atoms with Crippen molar-refractivity contribution in [1.82, 2.24) is 10.3 Å². The molecular weight excluding hydrogens is 316 g/mol. The maximum absolute atomic E-state index is 3.97. The van der Waals surface area contributed by atoms with Crippen molar-refractivity contribution >= 4 is 21.8 Å². The number of para-hydroxylation sites is 1. The van der Waals surface area contributed by atoms with Gasteiger partial charge in [-0.1, -0.05) is 50.3 Å². The van der Waals surface area contributed by atoms with E-state index in [4.69, 9.17) is 0 Å². The molecule has 1 aromatic heterocycles. The molecule has 0 radical (unpaired) electrons. The van der Waals surface area contributed by atoms with E-state index < -0.39 is 0 Å². The molecule has 1 saturated carbocycles. The summed E-state index contributed by atoms with van der Waals surface area (Å²) in [7, 11) is 0. The normalized spacial score (nSPS) is 13.6. The Hall–Kier alpha value is -2.06. The van der Waals surface area contributed by atoms with Crippen LogP contribution < -0.4 is 5.32 Å². The Morgan fingerprint density at radius 1 is 1.08 bits per heavy atom. The second-order valence-electron chi connectivity index (χ2n) is 6.97. The van der Waals surface area contributed by atoms with Crippen LogP contribution >= 0.6 is 0 Å². The summed E-state index contributed by atoms with van der Waals surface area (Å²) in [5, 5.41) is 6.26. The second kappa shape index (κ2) is 9.05. The highest BCUT2D eigenvalue weighted by Gasteiger charge is 2.19. The largest absolute Gasteiger partial charge is 0.354 e. The zero-order valence-electron chi connectivity index (χ0n) is 16.3. The van der Waals surface area contributed by atoms with Crippen LogP contribution in [0, 0.1) is 0 Å². The maximum atomic E-state index is 3.97. The number of aromatic nitrogens is 1. The molecule has 26 heavy (non-hydrogen) atoms. The maximum Gasteiger partial charge on any atom is 0.0503 e. The number of unbranched alkanes of at least 4 members (excludes halogenated alkanes) is 1. The van der Waals surface area contributed by atoms with Crippen molar-refractivity contribution in [3.8, 4) is 0 Å². The number of aromatic amines is 1. The van der Waals surface area contributed by atoms with E-state index >= 15 is 0 Å². The van der Waals surface area contributed by atoms with E-state index in [-0.39, 0.29) is 0 Å². The van der Waals surface area contributed by atoms with Crippen molar-refractivity contribution < 1.29 is 0 Å². The van der Waals surface area contributed by atoms with E-state index in [1.54, 1.807) is 0 Å². The van der Waals surface area contributed by atoms with Crippen LogP contribution in [0.15, 0.2) is 49.1 Å². The minimum absolute atomic E-state index is 0.823. The minimum atomic E-state index is 0.823. The van der Waals surface area contributed by atoms with Gasteiger partial charge in [0, 0.05) is 22.3 Å². The van der Waals surface area contributed by atoms with Gasteiger partial charge < -0.3 is 10.3 Å². The van der Waals surface area contributed by atoms with Crippen LogP contribution in [-0.4, -0.2) is 17.6 Å². The SMILES string of the molecule is C=CCc1c(CCCCNC2CC2)ccc2c1[nH]c1ccccc12.CC. The fraction of sp³-hybridized carbons (Fsp3) is 0.417. The smallest absolute Gasteiger partial charge is 0.0503 e. The molecule has 1 heterocycles. The van der Waals surface area contributed by atoms with Gasteiger partial charge in [-0.2, -0.15) is 0 Å². The standard InChI is InChI=1S/C22H26N2.C2H6/c1-2-7-18-16(8-5-6-15-23-17-12-13-17)11-14-20-19-9-3-4-10-21(19)24-22(18)20;1-2/h2-4,9-11,14,17,23-24H,1,5-8,12-13,15H2;1-2H3. The minimum Gasteiger partial charge on any atom is -0.354 e. The van der Waals surface area contributed by atoms with Gasteiger partial charge in [-0.15, -0.1) is 6.58 Å². The number of nitrogens with one attached hydrogen (secondary N) is 2. The molecule has 2 N–H and O–H groups in total. The first-order chi connectivity index (χ1) is 12.9. The summed E-state index contributed by atoms with van der Waals surface area (Å²) in [6, 6.07) is 14.0. The fourth-order valence-electron chi connectivity index (χ4n) is 3.67. The summed E-state index contributed by atoms with van der Waals surface area (Å²) in [5.74, 6) is 0. The molecule has 0 spiro atoms. The lowest BCUT2D eigenvalue weighted by Gasteiger charge is -2.10. The molecule has 3 aromatic rings. The Labute approximate surface area is 157 Å². The molecule has 1 fully saturated rings. The number of aryl methyl sites for hydroxylation is 1. The summed E-state index contributed by atoms with van der Waals surface area (Å²) in [4.78, 5) is 3.64. The summed E-state index contributed by atoms with van der Waals surface area (Å²) in [5.41, 5.74) is 5.42. The highest BCUT2D eigenvalue weighted by Crippen LogP contribution is 2.30. The number of allylic oxidation sites excluding steroid dienone is 1. The van der Waals surface area contributed by atoms with Crippen LogP contribution in [0.4, 0.5) is 0 Å². The Morgan fingerprint density at radius 3 is 2.65 bits per heavy atom. The van der Waals surface area contributed by atoms with Gasteiger partial charge in [0.25, 0.3) is 0 Å². The summed E-state index contributed by atoms with van der Waals surface area (Å²) in [6.07, 6.45) is 9.37. The topological polar surface area (TPSA) is 27.8 Å². The molecule has 0 saturated heterocycles. The van der Waals surface area contributed by atoms with Gasteiger partial charge in [0.15, 0.2) is 0 Å². The van der Waals surface area contributed by atoms with Crippen molar-refractivity contribution in [2.24, 2.45) is 0 Å². The number of hydrogen-bond acceptors (Lipinski definition) is 1. The summed E-state index contributed by atoms with van der Waals surface area (Å²) < 4.78 is 0. The molecule has 0 amide bonds. The third-order valence-corrected chi connectivity index (χ3v) is 5.12. The first-order valence-electron chi connectivity index (χ1n) is 10.2. The molecule has 4 rings (SSSR count). The van der Waals surface area contributed by atoms with Gasteiger partial charge in [0.1, 0.15) is 0 Å². The Kier molecular flexibility index (Phi) is 6.51. The monoisotopic (exact) mass is 348 g/mol. The molecule has 2 nitrogen and oxygen atoms in total. The zero-order chi connectivity index (χ0) is 18.4. The average molecular weight is 349 g/mol. The predicted octanol–water partition coefficient (Wildman–Crippen LogP) is 6.15. The number of hydrogen-bond donors (Lipinski definition) is 2. The van der Waals surface area contributed by atoms with Crippen molar-refractivity contribution in [2.45, 2.75) is 58.4 Å². The zero-order valence-corrected chi connectivity index (χ0v) is 16.3. The number of rotatable bonds is 8. The van der Waals surface area contributed by atoms with E-state index in [0.29, 0.717) is 0 Å². The first-order valence-corrected chi connectivity index (χ1v) is 10.2. The van der Waals surface area contributed by atoms with Gasteiger partial charge >= 0.3 is 0 Å². The van der Waals surface area contributed by atoms with Crippen LogP contribution in [0.2, 0.25) is 0 Å². The molecule has 0 unspecified atom stereocenters. The second-order valence-corrected chi connectivity index (χ2v) is 6.97. The van der Waals surface area contributed by atoms with Gasteiger partial charge in [-0.25, -0.2) is 0 Å². The summed E-state index contributed by atoms with van der Waals surface area (Å²) >= 11 is 0. The number of benzene rings is 2. The molecule has 1 aliphatic carbocycles. The quantitative estimate of drug-likeness (QED) is 0.371. The van der Waals surface area contributed by atoms with Gasteiger partial charge in [0.05, 0.1) is 5.52 Å². The highest BCUT2D eigenvalue weighted by atomic mass is 14.9. The van der Waals surface area contributed by atoms with Gasteiger partial charge in [-0.3, -0.25) is 0 Å². The molecular formula is C24H32N2. The third-order valence-electron chi connectivity index (χ3n) is 5.12. The van der Waals surface area contributed by atoms with Crippen molar-refractivity contribution in [1.29, 1.82) is 0 Å². The Bertz CT molecular complexity index is 855. The predicted molar refractivity (Wildman–Crippen MR) is 115 cm³/mol. The molecule has 0 atom stereocenters. The third kappa shape index (κ3) is 4.19. The lowest BCUT2D eigenvalue weighted by Crippen LogP contribution is -2.17. The van der Waals surface area contributed by atoms with Gasteiger partial charge in [-0.05, 0) is 62.3 Å². The van der Waals surface area contributed by atoms with Gasteiger partial charge in [0.2, 0.25) is 0 Å². The average Bonchev–Trinajstić information content (AvgIpc) is 3.43. The van der Waals surface area contributed by atoms with E-state index in [1.165, 1.54) is 58.6 Å². The lowest BCUT2D eigenvalue weighted by molar-refractivity contribution is 0.619. The van der Waals surface area contributed by atoms with Crippen molar-refractivity contribution in [2.75, 3.05) is 6.54 Å². The van der Waals surface area contributed by atoms with Crippen LogP contribution in [0.3, 0.4) is 0 Å².